The van der Waals surface area contributed by atoms with Gasteiger partial charge in [-0.25, -0.2) is 0 Å². The van der Waals surface area contributed by atoms with E-state index >= 15 is 0 Å². The number of hydrogen-bond acceptors (Lipinski definition) is 3. The van der Waals surface area contributed by atoms with E-state index in [1.807, 2.05) is 11.8 Å². The maximum atomic E-state index is 2.44. The van der Waals surface area contributed by atoms with E-state index in [0.29, 0.717) is 0 Å². The predicted octanol–water partition coefficient (Wildman–Crippen LogP) is 13.8. The molecular formula is C49H40N2S. The lowest BCUT2D eigenvalue weighted by molar-refractivity contribution is 0.636. The average molecular weight is 689 g/mol. The van der Waals surface area contributed by atoms with Crippen molar-refractivity contribution in [2.24, 2.45) is 0 Å². The SMILES string of the molecule is Cc1ccc(/C=C/c2ccc(N3c4ccccc4Sc4ccccc43)cc2)cc1C(C)(C)c1cccc(N2c3ccccc3Cc3ccccc32)c1. The minimum atomic E-state index is -0.209. The summed E-state index contributed by atoms with van der Waals surface area (Å²) in [5, 5.41) is 0. The molecule has 7 aromatic carbocycles. The van der Waals surface area contributed by atoms with Crippen LogP contribution in [0.1, 0.15) is 52.8 Å². The number of para-hydroxylation sites is 4. The first-order chi connectivity index (χ1) is 25.4. The molecular weight excluding hydrogens is 649 g/mol. The molecule has 0 amide bonds. The van der Waals surface area contributed by atoms with Crippen LogP contribution in [0, 0.1) is 6.92 Å². The molecule has 0 saturated carbocycles. The van der Waals surface area contributed by atoms with E-state index in [1.165, 1.54) is 77.2 Å². The third kappa shape index (κ3) is 5.72. The van der Waals surface area contributed by atoms with E-state index in [4.69, 9.17) is 0 Å². The third-order valence-corrected chi connectivity index (χ3v) is 11.8. The Labute approximate surface area is 311 Å². The summed E-state index contributed by atoms with van der Waals surface area (Å²) in [5.41, 5.74) is 16.1. The minimum absolute atomic E-state index is 0.209. The second-order valence-corrected chi connectivity index (χ2v) is 15.4. The standard InChI is InChI=1S/C49H40N2S/c1-34-23-24-36(26-25-35-27-29-40(30-28-35)50-45-19-8-10-21-47(45)52-48-22-11-9-20-46(48)50)31-42(34)49(2,3)39-15-12-16-41(33-39)51-43-17-6-4-13-37(43)32-38-14-5-7-18-44(38)51/h4-31,33H,32H2,1-3H3/b26-25+. The molecule has 2 heterocycles. The van der Waals surface area contributed by atoms with Gasteiger partial charge in [-0.15, -0.1) is 0 Å². The number of anilines is 6. The topological polar surface area (TPSA) is 6.48 Å². The quantitative estimate of drug-likeness (QED) is 0.161. The zero-order valence-corrected chi connectivity index (χ0v) is 30.6. The molecule has 0 spiro atoms. The Bertz CT molecular complexity index is 2380. The van der Waals surface area contributed by atoms with Crippen LogP contribution in [0.15, 0.2) is 174 Å². The molecule has 0 aromatic heterocycles. The van der Waals surface area contributed by atoms with Gasteiger partial charge in [0.05, 0.1) is 11.4 Å². The highest BCUT2D eigenvalue weighted by Crippen LogP contribution is 2.51. The fraction of sp³-hybridized carbons (Fsp3) is 0.102. The highest BCUT2D eigenvalue weighted by molar-refractivity contribution is 7.99. The van der Waals surface area contributed by atoms with Gasteiger partial charge in [0.2, 0.25) is 0 Å². The zero-order chi connectivity index (χ0) is 35.2. The van der Waals surface area contributed by atoms with Crippen LogP contribution in [0.25, 0.3) is 12.2 Å². The summed E-state index contributed by atoms with van der Waals surface area (Å²) < 4.78 is 0. The first-order valence-electron chi connectivity index (χ1n) is 18.1. The smallest absolute Gasteiger partial charge is 0.0601 e. The van der Waals surface area contributed by atoms with Gasteiger partial charge in [-0.3, -0.25) is 0 Å². The number of hydrogen-bond donors (Lipinski definition) is 0. The van der Waals surface area contributed by atoms with Crippen molar-refractivity contribution in [2.75, 3.05) is 9.80 Å². The Morgan fingerprint density at radius 2 is 1.04 bits per heavy atom. The molecule has 3 heteroatoms. The van der Waals surface area contributed by atoms with Crippen molar-refractivity contribution in [3.05, 3.63) is 203 Å². The van der Waals surface area contributed by atoms with Crippen LogP contribution in [0.5, 0.6) is 0 Å². The first-order valence-corrected chi connectivity index (χ1v) is 18.9. The van der Waals surface area contributed by atoms with E-state index in [2.05, 4.69) is 207 Å². The number of fused-ring (bicyclic) bond motifs is 4. The van der Waals surface area contributed by atoms with E-state index in [-0.39, 0.29) is 5.41 Å². The molecule has 2 aliphatic heterocycles. The maximum Gasteiger partial charge on any atom is 0.0601 e. The lowest BCUT2D eigenvalue weighted by Crippen LogP contribution is -2.22. The van der Waals surface area contributed by atoms with Gasteiger partial charge >= 0.3 is 0 Å². The summed E-state index contributed by atoms with van der Waals surface area (Å²) in [7, 11) is 0. The van der Waals surface area contributed by atoms with Crippen LogP contribution in [0.2, 0.25) is 0 Å². The Morgan fingerprint density at radius 3 is 1.69 bits per heavy atom. The Balaban J connectivity index is 1.00. The van der Waals surface area contributed by atoms with Gasteiger partial charge in [-0.2, -0.15) is 0 Å². The van der Waals surface area contributed by atoms with Gasteiger partial charge in [0.1, 0.15) is 0 Å². The highest BCUT2D eigenvalue weighted by Gasteiger charge is 2.29. The summed E-state index contributed by atoms with van der Waals surface area (Å²) in [6, 6.07) is 59.9. The Hall–Kier alpha value is -5.77. The lowest BCUT2D eigenvalue weighted by atomic mass is 9.75. The average Bonchev–Trinajstić information content (AvgIpc) is 3.19. The molecule has 0 radical (unpaired) electrons. The van der Waals surface area contributed by atoms with Crippen molar-refractivity contribution in [1.29, 1.82) is 0 Å². The molecule has 252 valence electrons. The Morgan fingerprint density at radius 1 is 0.500 bits per heavy atom. The molecule has 0 bridgehead atoms. The largest absolute Gasteiger partial charge is 0.310 e. The number of benzene rings is 7. The van der Waals surface area contributed by atoms with Crippen LogP contribution in [-0.4, -0.2) is 0 Å². The summed E-state index contributed by atoms with van der Waals surface area (Å²) >= 11 is 1.84. The van der Waals surface area contributed by atoms with Crippen LogP contribution < -0.4 is 9.80 Å². The molecule has 7 aromatic rings. The first kappa shape index (κ1) is 32.2. The summed E-state index contributed by atoms with van der Waals surface area (Å²) in [4.78, 5) is 7.36. The fourth-order valence-electron chi connectivity index (χ4n) is 7.89. The van der Waals surface area contributed by atoms with Crippen molar-refractivity contribution in [2.45, 2.75) is 42.4 Å². The summed E-state index contributed by atoms with van der Waals surface area (Å²) in [5.74, 6) is 0. The van der Waals surface area contributed by atoms with E-state index in [0.717, 1.165) is 12.1 Å². The molecule has 0 fully saturated rings. The predicted molar refractivity (Wildman–Crippen MR) is 221 cm³/mol. The van der Waals surface area contributed by atoms with Gasteiger partial charge in [0.15, 0.2) is 0 Å². The van der Waals surface area contributed by atoms with Gasteiger partial charge in [0, 0.05) is 44.4 Å². The number of rotatable bonds is 6. The van der Waals surface area contributed by atoms with Crippen LogP contribution >= 0.6 is 11.8 Å². The maximum absolute atomic E-state index is 2.44. The molecule has 0 aliphatic carbocycles. The number of nitrogens with zero attached hydrogens (tertiary/aromatic N) is 2. The minimum Gasteiger partial charge on any atom is -0.310 e. The molecule has 0 unspecified atom stereocenters. The van der Waals surface area contributed by atoms with Crippen LogP contribution in [0.4, 0.5) is 34.1 Å². The normalized spacial score (nSPS) is 13.4. The Kier molecular flexibility index (Phi) is 8.09. The van der Waals surface area contributed by atoms with E-state index in [9.17, 15) is 0 Å². The molecule has 2 nitrogen and oxygen atoms in total. The summed E-state index contributed by atoms with van der Waals surface area (Å²) in [6.45, 7) is 6.95. The molecule has 52 heavy (non-hydrogen) atoms. The number of aryl methyl sites for hydroxylation is 1. The van der Waals surface area contributed by atoms with Crippen LogP contribution in [-0.2, 0) is 11.8 Å². The zero-order valence-electron chi connectivity index (χ0n) is 29.8. The van der Waals surface area contributed by atoms with Crippen molar-refractivity contribution >= 4 is 58.0 Å². The fourth-order valence-corrected chi connectivity index (χ4v) is 8.94. The monoisotopic (exact) mass is 688 g/mol. The van der Waals surface area contributed by atoms with E-state index in [1.54, 1.807) is 0 Å². The van der Waals surface area contributed by atoms with Crippen molar-refractivity contribution in [3.8, 4) is 0 Å². The molecule has 0 N–H and O–H groups in total. The molecule has 2 aliphatic rings. The highest BCUT2D eigenvalue weighted by atomic mass is 32.2. The van der Waals surface area contributed by atoms with Crippen molar-refractivity contribution < 1.29 is 0 Å². The van der Waals surface area contributed by atoms with Gasteiger partial charge in [-0.1, -0.05) is 141 Å². The van der Waals surface area contributed by atoms with Gasteiger partial charge in [0.25, 0.3) is 0 Å². The molecule has 0 saturated heterocycles. The van der Waals surface area contributed by atoms with Gasteiger partial charge < -0.3 is 9.80 Å². The van der Waals surface area contributed by atoms with Gasteiger partial charge in [-0.05, 0) is 107 Å². The van der Waals surface area contributed by atoms with E-state index < -0.39 is 0 Å². The summed E-state index contributed by atoms with van der Waals surface area (Å²) in [6.07, 6.45) is 5.43. The second kappa shape index (κ2) is 13.1. The second-order valence-electron chi connectivity index (χ2n) is 14.3. The molecule has 0 atom stereocenters. The lowest BCUT2D eigenvalue weighted by Gasteiger charge is -2.35. The van der Waals surface area contributed by atoms with Crippen molar-refractivity contribution in [3.63, 3.8) is 0 Å². The molecule has 9 rings (SSSR count). The van der Waals surface area contributed by atoms with Crippen LogP contribution in [0.3, 0.4) is 0 Å². The third-order valence-electron chi connectivity index (χ3n) is 10.7. The van der Waals surface area contributed by atoms with Crippen molar-refractivity contribution in [1.82, 2.24) is 0 Å².